The normalized spacial score (nSPS) is 14.7. The van der Waals surface area contributed by atoms with Crippen molar-refractivity contribution >= 4 is 5.91 Å². The maximum Gasteiger partial charge on any atom is 0.254 e. The van der Waals surface area contributed by atoms with Gasteiger partial charge in [0.15, 0.2) is 0 Å². The molecule has 0 radical (unpaired) electrons. The summed E-state index contributed by atoms with van der Waals surface area (Å²) in [6.07, 6.45) is 0.878. The molecule has 1 aromatic carbocycles. The lowest BCUT2D eigenvalue weighted by Crippen LogP contribution is -2.29. The van der Waals surface area contributed by atoms with Crippen LogP contribution >= 0.6 is 0 Å². The van der Waals surface area contributed by atoms with Crippen LogP contribution in [0.4, 0.5) is 0 Å². The van der Waals surface area contributed by atoms with E-state index in [0.717, 1.165) is 23.3 Å². The Labute approximate surface area is 146 Å². The summed E-state index contributed by atoms with van der Waals surface area (Å²) in [7, 11) is 0. The molecule has 0 bridgehead atoms. The monoisotopic (exact) mass is 341 g/mol. The van der Waals surface area contributed by atoms with Crippen LogP contribution in [0.15, 0.2) is 23.0 Å². The molecule has 25 heavy (non-hydrogen) atoms. The van der Waals surface area contributed by atoms with Crippen LogP contribution in [-0.4, -0.2) is 21.5 Å². The number of hydrogen-bond acceptors (Lipinski definition) is 4. The first-order chi connectivity index (χ1) is 11.7. The number of fused-ring (bicyclic) bond motifs is 1. The number of benzene rings is 1. The first kappa shape index (κ1) is 17.2. The molecule has 2 aromatic rings. The number of H-pyrrole nitrogens is 1. The molecule has 1 aliphatic rings. The number of carbonyl (C=O) groups excluding carboxylic acids is 1. The van der Waals surface area contributed by atoms with Crippen LogP contribution in [0.2, 0.25) is 0 Å². The van der Waals surface area contributed by atoms with Crippen molar-refractivity contribution in [3.05, 3.63) is 56.8 Å². The van der Waals surface area contributed by atoms with E-state index in [9.17, 15) is 9.59 Å². The van der Waals surface area contributed by atoms with Crippen molar-refractivity contribution in [1.29, 1.82) is 0 Å². The molecule has 1 amide bonds. The fraction of sp³-hybridized carbons (Fsp3) is 0.421. The van der Waals surface area contributed by atoms with E-state index in [0.29, 0.717) is 23.6 Å². The molecule has 1 aromatic heterocycles. The Morgan fingerprint density at radius 1 is 1.36 bits per heavy atom. The zero-order valence-corrected chi connectivity index (χ0v) is 15.0. The molecule has 2 heterocycles. The Bertz CT molecular complexity index is 884. The van der Waals surface area contributed by atoms with Gasteiger partial charge in [-0.25, -0.2) is 4.98 Å². The Balaban J connectivity index is 1.63. The molecule has 0 aliphatic carbocycles. The topological polar surface area (TPSA) is 84.1 Å². The number of amides is 1. The zero-order valence-electron chi connectivity index (χ0n) is 15.0. The van der Waals surface area contributed by atoms with Gasteiger partial charge in [0.05, 0.1) is 6.42 Å². The first-order valence-corrected chi connectivity index (χ1v) is 8.37. The average Bonchev–Trinajstić information content (AvgIpc) is 2.81. The minimum atomic E-state index is -0.253. The van der Waals surface area contributed by atoms with Crippen LogP contribution in [0.1, 0.15) is 42.1 Å². The summed E-state index contributed by atoms with van der Waals surface area (Å²) in [5.74, 6) is 1.26. The van der Waals surface area contributed by atoms with E-state index in [1.54, 1.807) is 13.8 Å². The number of nitrogens with zero attached hydrogens (tertiary/aromatic N) is 1. The molecule has 0 atom stereocenters. The maximum absolute atomic E-state index is 12.2. The Hall–Kier alpha value is -2.63. The van der Waals surface area contributed by atoms with E-state index in [-0.39, 0.29) is 23.5 Å². The van der Waals surface area contributed by atoms with Gasteiger partial charge in [-0.05, 0) is 44.9 Å². The number of hydrogen-bond donors (Lipinski definition) is 2. The molecule has 0 spiro atoms. The van der Waals surface area contributed by atoms with E-state index in [1.165, 1.54) is 0 Å². The van der Waals surface area contributed by atoms with Gasteiger partial charge in [0.25, 0.3) is 5.56 Å². The minimum Gasteiger partial charge on any atom is -0.487 e. The van der Waals surface area contributed by atoms with Gasteiger partial charge >= 0.3 is 0 Å². The van der Waals surface area contributed by atoms with Gasteiger partial charge in [0.2, 0.25) is 5.91 Å². The van der Waals surface area contributed by atoms with Crippen molar-refractivity contribution in [2.75, 3.05) is 0 Å². The molecule has 132 valence electrons. The van der Waals surface area contributed by atoms with Crippen molar-refractivity contribution in [3.8, 4) is 5.75 Å². The molecular weight excluding hydrogens is 318 g/mol. The van der Waals surface area contributed by atoms with Crippen LogP contribution in [-0.2, 0) is 24.2 Å². The van der Waals surface area contributed by atoms with Crippen LogP contribution < -0.4 is 15.6 Å². The van der Waals surface area contributed by atoms with Crippen molar-refractivity contribution in [1.82, 2.24) is 15.3 Å². The molecule has 0 saturated heterocycles. The third-order valence-corrected chi connectivity index (χ3v) is 4.30. The van der Waals surface area contributed by atoms with E-state index in [2.05, 4.69) is 35.2 Å². The number of aryl methyl sites for hydroxylation is 2. The van der Waals surface area contributed by atoms with Crippen LogP contribution in [0.25, 0.3) is 0 Å². The highest BCUT2D eigenvalue weighted by Crippen LogP contribution is 2.35. The largest absolute Gasteiger partial charge is 0.487 e. The molecule has 0 unspecified atom stereocenters. The molecule has 6 heteroatoms. The number of rotatable bonds is 4. The summed E-state index contributed by atoms with van der Waals surface area (Å²) in [4.78, 5) is 31.0. The molecule has 3 rings (SSSR count). The van der Waals surface area contributed by atoms with Gasteiger partial charge in [-0.15, -0.1) is 0 Å². The second-order valence-electron chi connectivity index (χ2n) is 7.15. The van der Waals surface area contributed by atoms with Gasteiger partial charge < -0.3 is 15.0 Å². The molecule has 0 saturated carbocycles. The van der Waals surface area contributed by atoms with Crippen molar-refractivity contribution in [2.45, 2.75) is 52.7 Å². The smallest absolute Gasteiger partial charge is 0.254 e. The summed E-state index contributed by atoms with van der Waals surface area (Å²) >= 11 is 0. The quantitative estimate of drug-likeness (QED) is 0.890. The average molecular weight is 341 g/mol. The fourth-order valence-electron chi connectivity index (χ4n) is 3.16. The standard InChI is InChI=1S/C19H23N3O3/c1-11-15(18(24)22-12(2)21-11)8-17(23)20-10-13-5-6-16-14(7-13)9-19(3,4)25-16/h5-7H,8-10H2,1-4H3,(H,20,23)(H,21,22,24). The summed E-state index contributed by atoms with van der Waals surface area (Å²) in [6, 6.07) is 5.96. The van der Waals surface area contributed by atoms with Gasteiger partial charge in [-0.3, -0.25) is 9.59 Å². The maximum atomic E-state index is 12.2. The third kappa shape index (κ3) is 3.90. The van der Waals surface area contributed by atoms with E-state index < -0.39 is 0 Å². The van der Waals surface area contributed by atoms with Crippen molar-refractivity contribution in [3.63, 3.8) is 0 Å². The fourth-order valence-corrected chi connectivity index (χ4v) is 3.16. The SMILES string of the molecule is Cc1nc(C)c(CC(=O)NCc2ccc3c(c2)CC(C)(C)O3)c(=O)[nH]1. The molecule has 6 nitrogen and oxygen atoms in total. The van der Waals surface area contributed by atoms with Crippen LogP contribution in [0.5, 0.6) is 5.75 Å². The number of aromatic nitrogens is 2. The number of nitrogens with one attached hydrogen (secondary N) is 2. The predicted molar refractivity (Wildman–Crippen MR) is 94.7 cm³/mol. The zero-order chi connectivity index (χ0) is 18.2. The number of carbonyl (C=O) groups is 1. The highest BCUT2D eigenvalue weighted by Gasteiger charge is 2.29. The summed E-state index contributed by atoms with van der Waals surface area (Å²) < 4.78 is 5.86. The van der Waals surface area contributed by atoms with E-state index in [1.807, 2.05) is 12.1 Å². The van der Waals surface area contributed by atoms with Crippen molar-refractivity contribution in [2.24, 2.45) is 0 Å². The Morgan fingerprint density at radius 2 is 2.12 bits per heavy atom. The van der Waals surface area contributed by atoms with E-state index >= 15 is 0 Å². The second-order valence-corrected chi connectivity index (χ2v) is 7.15. The van der Waals surface area contributed by atoms with Crippen LogP contribution in [0, 0.1) is 13.8 Å². The molecule has 0 fully saturated rings. The number of aromatic amines is 1. The van der Waals surface area contributed by atoms with Crippen LogP contribution in [0.3, 0.4) is 0 Å². The lowest BCUT2D eigenvalue weighted by atomic mass is 10.0. The third-order valence-electron chi connectivity index (χ3n) is 4.30. The Kier molecular flexibility index (Phi) is 4.37. The summed E-state index contributed by atoms with van der Waals surface area (Å²) in [5, 5.41) is 2.87. The summed E-state index contributed by atoms with van der Waals surface area (Å²) in [5.41, 5.74) is 2.74. The predicted octanol–water partition coefficient (Wildman–Crippen LogP) is 1.96. The lowest BCUT2D eigenvalue weighted by molar-refractivity contribution is -0.120. The first-order valence-electron chi connectivity index (χ1n) is 8.37. The van der Waals surface area contributed by atoms with E-state index in [4.69, 9.17) is 4.74 Å². The molecule has 1 aliphatic heterocycles. The number of ether oxygens (including phenoxy) is 1. The van der Waals surface area contributed by atoms with Gasteiger partial charge in [0.1, 0.15) is 17.2 Å². The minimum absolute atomic E-state index is 0.0233. The summed E-state index contributed by atoms with van der Waals surface area (Å²) in [6.45, 7) is 8.00. The highest BCUT2D eigenvalue weighted by atomic mass is 16.5. The van der Waals surface area contributed by atoms with Crippen molar-refractivity contribution < 1.29 is 9.53 Å². The molecular formula is C19H23N3O3. The second kappa shape index (κ2) is 6.35. The lowest BCUT2D eigenvalue weighted by Gasteiger charge is -2.16. The Morgan fingerprint density at radius 3 is 2.84 bits per heavy atom. The van der Waals surface area contributed by atoms with Gasteiger partial charge in [-0.1, -0.05) is 12.1 Å². The molecule has 2 N–H and O–H groups in total. The highest BCUT2D eigenvalue weighted by molar-refractivity contribution is 5.78. The van der Waals surface area contributed by atoms with Gasteiger partial charge in [0, 0.05) is 24.2 Å². The van der Waals surface area contributed by atoms with Gasteiger partial charge in [-0.2, -0.15) is 0 Å².